The molecule has 0 saturated carbocycles. The molecule has 0 aliphatic heterocycles. The molecule has 0 radical (unpaired) electrons. The summed E-state index contributed by atoms with van der Waals surface area (Å²) in [4.78, 5) is 18.0. The molecule has 3 nitrogen and oxygen atoms in total. The molecule has 134 valence electrons. The number of aromatic nitrogens is 2. The minimum atomic E-state index is -0.381. The van der Waals surface area contributed by atoms with Gasteiger partial charge < -0.3 is 0 Å². The second-order valence-electron chi connectivity index (χ2n) is 6.60. The third-order valence-electron chi connectivity index (χ3n) is 4.87. The van der Waals surface area contributed by atoms with E-state index in [1.54, 1.807) is 22.8 Å². The topological polar surface area (TPSA) is 34.9 Å². The zero-order valence-electron chi connectivity index (χ0n) is 14.8. The maximum absolute atomic E-state index is 13.8. The fourth-order valence-electron chi connectivity index (χ4n) is 3.57. The molecule has 0 spiro atoms. The number of fused-ring (bicyclic) bond motifs is 2. The SMILES string of the molecule is O=C(c1ccccc1)n1c(-c2cccc3ccccc23)nc2cc(F)ccc21. The highest BCUT2D eigenvalue weighted by Crippen LogP contribution is 2.31. The van der Waals surface area contributed by atoms with Crippen molar-refractivity contribution in [3.8, 4) is 11.4 Å². The van der Waals surface area contributed by atoms with E-state index in [1.165, 1.54) is 12.1 Å². The molecular weight excluding hydrogens is 351 g/mol. The van der Waals surface area contributed by atoms with Gasteiger partial charge >= 0.3 is 0 Å². The summed E-state index contributed by atoms with van der Waals surface area (Å²) in [6, 6.07) is 27.2. The molecule has 0 saturated heterocycles. The van der Waals surface area contributed by atoms with Crippen LogP contribution >= 0.6 is 0 Å². The largest absolute Gasteiger partial charge is 0.268 e. The average molecular weight is 366 g/mol. The summed E-state index contributed by atoms with van der Waals surface area (Å²) in [5.74, 6) is -0.0716. The van der Waals surface area contributed by atoms with Gasteiger partial charge in [-0.15, -0.1) is 0 Å². The quantitative estimate of drug-likeness (QED) is 0.403. The maximum atomic E-state index is 13.8. The van der Waals surface area contributed by atoms with Gasteiger partial charge in [0.25, 0.3) is 5.91 Å². The number of imidazole rings is 1. The summed E-state index contributed by atoms with van der Waals surface area (Å²) in [7, 11) is 0. The Labute approximate surface area is 160 Å². The number of hydrogen-bond acceptors (Lipinski definition) is 2. The third kappa shape index (κ3) is 2.58. The van der Waals surface area contributed by atoms with Crippen LogP contribution in [0.3, 0.4) is 0 Å². The van der Waals surface area contributed by atoms with Crippen molar-refractivity contribution in [1.29, 1.82) is 0 Å². The second-order valence-corrected chi connectivity index (χ2v) is 6.60. The zero-order chi connectivity index (χ0) is 19.1. The Bertz CT molecular complexity index is 1330. The van der Waals surface area contributed by atoms with Crippen LogP contribution in [0.25, 0.3) is 33.2 Å². The Morgan fingerprint density at radius 2 is 1.57 bits per heavy atom. The van der Waals surface area contributed by atoms with Crippen LogP contribution in [0.1, 0.15) is 10.4 Å². The highest BCUT2D eigenvalue weighted by molar-refractivity contribution is 6.06. The van der Waals surface area contributed by atoms with Crippen molar-refractivity contribution in [3.05, 3.63) is 102 Å². The molecule has 0 unspecified atom stereocenters. The van der Waals surface area contributed by atoms with Gasteiger partial charge in [0.2, 0.25) is 0 Å². The Balaban J connectivity index is 1.85. The lowest BCUT2D eigenvalue weighted by Crippen LogP contribution is -2.13. The molecule has 0 atom stereocenters. The normalized spacial score (nSPS) is 11.2. The fraction of sp³-hybridized carbons (Fsp3) is 0. The highest BCUT2D eigenvalue weighted by atomic mass is 19.1. The molecule has 0 aliphatic carbocycles. The molecule has 1 heterocycles. The predicted molar refractivity (Wildman–Crippen MR) is 109 cm³/mol. The number of carbonyl (C=O) groups excluding carboxylic acids is 1. The lowest BCUT2D eigenvalue weighted by Gasteiger charge is -2.10. The van der Waals surface area contributed by atoms with Crippen LogP contribution in [0.2, 0.25) is 0 Å². The smallest absolute Gasteiger partial charge is 0.264 e. The summed E-state index contributed by atoms with van der Waals surface area (Å²) < 4.78 is 15.4. The first-order chi connectivity index (χ1) is 13.7. The van der Waals surface area contributed by atoms with Gasteiger partial charge in [0.15, 0.2) is 0 Å². The van der Waals surface area contributed by atoms with E-state index >= 15 is 0 Å². The second kappa shape index (κ2) is 6.43. The van der Waals surface area contributed by atoms with Crippen molar-refractivity contribution in [2.24, 2.45) is 0 Å². The van der Waals surface area contributed by atoms with Gasteiger partial charge in [0, 0.05) is 17.2 Å². The molecular formula is C24H15FN2O. The summed E-state index contributed by atoms with van der Waals surface area (Å²) in [6.07, 6.45) is 0. The van der Waals surface area contributed by atoms with Crippen LogP contribution in [-0.4, -0.2) is 15.5 Å². The van der Waals surface area contributed by atoms with Crippen molar-refractivity contribution in [2.45, 2.75) is 0 Å². The number of hydrogen-bond donors (Lipinski definition) is 0. The van der Waals surface area contributed by atoms with E-state index in [1.807, 2.05) is 60.7 Å². The van der Waals surface area contributed by atoms with E-state index < -0.39 is 0 Å². The molecule has 5 rings (SSSR count). The summed E-state index contributed by atoms with van der Waals surface area (Å²) >= 11 is 0. The zero-order valence-corrected chi connectivity index (χ0v) is 14.8. The summed E-state index contributed by atoms with van der Waals surface area (Å²) in [5, 5.41) is 2.04. The first-order valence-corrected chi connectivity index (χ1v) is 8.98. The van der Waals surface area contributed by atoms with E-state index in [2.05, 4.69) is 4.98 Å². The third-order valence-corrected chi connectivity index (χ3v) is 4.87. The molecule has 28 heavy (non-hydrogen) atoms. The lowest BCUT2D eigenvalue weighted by molar-refractivity contribution is 0.0966. The molecule has 0 amide bonds. The van der Waals surface area contributed by atoms with Gasteiger partial charge in [-0.05, 0) is 35.0 Å². The molecule has 4 heteroatoms. The van der Waals surface area contributed by atoms with Crippen molar-refractivity contribution in [3.63, 3.8) is 0 Å². The van der Waals surface area contributed by atoms with Crippen molar-refractivity contribution < 1.29 is 9.18 Å². The van der Waals surface area contributed by atoms with E-state index in [0.717, 1.165) is 16.3 Å². The van der Waals surface area contributed by atoms with E-state index in [4.69, 9.17) is 0 Å². The van der Waals surface area contributed by atoms with Gasteiger partial charge in [0.05, 0.1) is 11.0 Å². The summed E-state index contributed by atoms with van der Waals surface area (Å²) in [6.45, 7) is 0. The van der Waals surface area contributed by atoms with Crippen LogP contribution in [0.15, 0.2) is 91.0 Å². The van der Waals surface area contributed by atoms with Crippen molar-refractivity contribution in [1.82, 2.24) is 9.55 Å². The number of nitrogens with zero attached hydrogens (tertiary/aromatic N) is 2. The standard InChI is InChI=1S/C24H15FN2O/c25-18-13-14-22-21(15-18)26-23(27(22)24(28)17-8-2-1-3-9-17)20-12-6-10-16-7-4-5-11-19(16)20/h1-15H. The van der Waals surface area contributed by atoms with Gasteiger partial charge in [0.1, 0.15) is 11.6 Å². The van der Waals surface area contributed by atoms with Crippen LogP contribution in [0.4, 0.5) is 4.39 Å². The molecule has 5 aromatic rings. The van der Waals surface area contributed by atoms with Gasteiger partial charge in [-0.2, -0.15) is 0 Å². The monoisotopic (exact) mass is 366 g/mol. The Morgan fingerprint density at radius 3 is 2.43 bits per heavy atom. The number of halogens is 1. The maximum Gasteiger partial charge on any atom is 0.264 e. The first-order valence-electron chi connectivity index (χ1n) is 8.98. The molecule has 0 fully saturated rings. The Hall–Kier alpha value is -3.79. The molecule has 0 N–H and O–H groups in total. The van der Waals surface area contributed by atoms with Crippen LogP contribution in [0, 0.1) is 5.82 Å². The van der Waals surface area contributed by atoms with Gasteiger partial charge in [-0.3, -0.25) is 9.36 Å². The number of benzene rings is 4. The molecule has 1 aromatic heterocycles. The number of rotatable bonds is 2. The number of carbonyl (C=O) groups is 1. The van der Waals surface area contributed by atoms with E-state index in [9.17, 15) is 9.18 Å². The fourth-order valence-corrected chi connectivity index (χ4v) is 3.57. The summed E-state index contributed by atoms with van der Waals surface area (Å²) in [5.41, 5.74) is 2.41. The minimum absolute atomic E-state index is 0.197. The lowest BCUT2D eigenvalue weighted by atomic mass is 10.0. The first kappa shape index (κ1) is 16.4. The molecule has 0 aliphatic rings. The average Bonchev–Trinajstić information content (AvgIpc) is 3.11. The molecule has 4 aromatic carbocycles. The van der Waals surface area contributed by atoms with E-state index in [-0.39, 0.29) is 11.7 Å². The Morgan fingerprint density at radius 1 is 0.821 bits per heavy atom. The van der Waals surface area contributed by atoms with Crippen LogP contribution < -0.4 is 0 Å². The van der Waals surface area contributed by atoms with E-state index in [0.29, 0.717) is 22.4 Å². The van der Waals surface area contributed by atoms with Crippen LogP contribution in [0.5, 0.6) is 0 Å². The highest BCUT2D eigenvalue weighted by Gasteiger charge is 2.21. The van der Waals surface area contributed by atoms with Gasteiger partial charge in [-0.25, -0.2) is 9.37 Å². The van der Waals surface area contributed by atoms with Crippen molar-refractivity contribution in [2.75, 3.05) is 0 Å². The van der Waals surface area contributed by atoms with Crippen molar-refractivity contribution >= 4 is 27.7 Å². The van der Waals surface area contributed by atoms with Crippen LogP contribution in [-0.2, 0) is 0 Å². The molecule has 0 bridgehead atoms. The predicted octanol–water partition coefficient (Wildman–Crippen LogP) is 5.68. The Kier molecular flexibility index (Phi) is 3.76. The minimum Gasteiger partial charge on any atom is -0.268 e. The van der Waals surface area contributed by atoms with Gasteiger partial charge in [-0.1, -0.05) is 60.7 Å².